The summed E-state index contributed by atoms with van der Waals surface area (Å²) in [5.74, 6) is -0.304. The van der Waals surface area contributed by atoms with Crippen LogP contribution >= 0.6 is 0 Å². The minimum absolute atomic E-state index is 0.0497. The number of carbonyl (C=O) groups excluding carboxylic acids is 2. The van der Waals surface area contributed by atoms with Crippen molar-refractivity contribution in [3.8, 4) is 0 Å². The Morgan fingerprint density at radius 2 is 2.11 bits per heavy atom. The number of tetrazole rings is 1. The van der Waals surface area contributed by atoms with Crippen LogP contribution in [0.25, 0.3) is 0 Å². The number of amides is 2. The Morgan fingerprint density at radius 3 is 2.68 bits per heavy atom. The molecule has 106 valence electrons. The van der Waals surface area contributed by atoms with Gasteiger partial charge in [-0.2, -0.15) is 0 Å². The number of hydrogen-bond donors (Lipinski definition) is 1. The molecule has 8 heteroatoms. The van der Waals surface area contributed by atoms with Crippen LogP contribution in [-0.2, 0) is 16.1 Å². The summed E-state index contributed by atoms with van der Waals surface area (Å²) in [7, 11) is 0. The largest absolute Gasteiger partial charge is 0.355 e. The van der Waals surface area contributed by atoms with E-state index in [1.807, 2.05) is 13.8 Å². The van der Waals surface area contributed by atoms with Gasteiger partial charge in [-0.15, -0.1) is 5.10 Å². The molecular formula is C11H20N6O2. The third kappa shape index (κ3) is 5.45. The van der Waals surface area contributed by atoms with E-state index in [0.29, 0.717) is 13.1 Å². The van der Waals surface area contributed by atoms with Gasteiger partial charge >= 0.3 is 0 Å². The summed E-state index contributed by atoms with van der Waals surface area (Å²) in [4.78, 5) is 25.2. The Bertz CT molecular complexity index is 392. The summed E-state index contributed by atoms with van der Waals surface area (Å²) in [6.07, 6.45) is 3.04. The van der Waals surface area contributed by atoms with Crippen LogP contribution < -0.4 is 5.32 Å². The predicted molar refractivity (Wildman–Crippen MR) is 68.0 cm³/mol. The van der Waals surface area contributed by atoms with E-state index in [4.69, 9.17) is 0 Å². The van der Waals surface area contributed by atoms with Crippen molar-refractivity contribution in [3.63, 3.8) is 0 Å². The Balaban J connectivity index is 2.50. The molecule has 19 heavy (non-hydrogen) atoms. The maximum atomic E-state index is 12.0. The zero-order valence-electron chi connectivity index (χ0n) is 11.4. The van der Waals surface area contributed by atoms with Gasteiger partial charge in [-0.05, 0) is 23.3 Å². The summed E-state index contributed by atoms with van der Waals surface area (Å²) >= 11 is 0. The van der Waals surface area contributed by atoms with E-state index >= 15 is 0 Å². The quantitative estimate of drug-likeness (QED) is 0.682. The molecule has 0 aliphatic heterocycles. The molecule has 0 aliphatic carbocycles. The number of nitrogens with one attached hydrogen (secondary N) is 1. The third-order valence-corrected chi connectivity index (χ3v) is 2.44. The predicted octanol–water partition coefficient (Wildman–Crippen LogP) is -0.562. The van der Waals surface area contributed by atoms with Crippen molar-refractivity contribution in [1.82, 2.24) is 30.4 Å². The molecule has 1 rings (SSSR count). The number of nitrogens with zero attached hydrogens (tertiary/aromatic N) is 5. The van der Waals surface area contributed by atoms with Gasteiger partial charge in [0.1, 0.15) is 12.9 Å². The highest BCUT2D eigenvalue weighted by atomic mass is 16.2. The molecule has 8 nitrogen and oxygen atoms in total. The van der Waals surface area contributed by atoms with Crippen LogP contribution in [0.5, 0.6) is 0 Å². The maximum Gasteiger partial charge on any atom is 0.244 e. The molecule has 1 heterocycles. The smallest absolute Gasteiger partial charge is 0.244 e. The summed E-state index contributed by atoms with van der Waals surface area (Å²) in [6.45, 7) is 5.23. The molecule has 0 unspecified atom stereocenters. The SMILES string of the molecule is CCCNC(=O)CN(CCC)C(=O)Cn1cnnn1. The second kappa shape index (κ2) is 8.17. The highest BCUT2D eigenvalue weighted by molar-refractivity contribution is 5.84. The first kappa shape index (κ1) is 15.1. The Morgan fingerprint density at radius 1 is 1.32 bits per heavy atom. The van der Waals surface area contributed by atoms with Gasteiger partial charge in [0.05, 0.1) is 6.54 Å². The van der Waals surface area contributed by atoms with Crippen molar-refractivity contribution in [3.05, 3.63) is 6.33 Å². The van der Waals surface area contributed by atoms with Crippen molar-refractivity contribution < 1.29 is 9.59 Å². The monoisotopic (exact) mass is 268 g/mol. The zero-order chi connectivity index (χ0) is 14.1. The van der Waals surface area contributed by atoms with E-state index in [9.17, 15) is 9.59 Å². The average Bonchev–Trinajstić information content (AvgIpc) is 2.88. The van der Waals surface area contributed by atoms with E-state index < -0.39 is 0 Å². The molecule has 0 aromatic carbocycles. The van der Waals surface area contributed by atoms with Crippen molar-refractivity contribution >= 4 is 11.8 Å². The molecule has 0 aliphatic rings. The molecular weight excluding hydrogens is 248 g/mol. The maximum absolute atomic E-state index is 12.0. The van der Waals surface area contributed by atoms with Crippen LogP contribution in [0.1, 0.15) is 26.7 Å². The lowest BCUT2D eigenvalue weighted by Gasteiger charge is -2.21. The van der Waals surface area contributed by atoms with Crippen molar-refractivity contribution in [2.24, 2.45) is 0 Å². The third-order valence-electron chi connectivity index (χ3n) is 2.44. The van der Waals surface area contributed by atoms with Crippen molar-refractivity contribution in [2.45, 2.75) is 33.2 Å². The normalized spacial score (nSPS) is 10.2. The van der Waals surface area contributed by atoms with E-state index in [-0.39, 0.29) is 24.9 Å². The molecule has 0 fully saturated rings. The molecule has 2 amide bonds. The molecule has 0 bridgehead atoms. The van der Waals surface area contributed by atoms with Gasteiger partial charge < -0.3 is 10.2 Å². The first-order valence-corrected chi connectivity index (χ1v) is 6.42. The second-order valence-electron chi connectivity index (χ2n) is 4.17. The molecule has 0 spiro atoms. The number of aromatic nitrogens is 4. The van der Waals surface area contributed by atoms with E-state index in [2.05, 4.69) is 20.8 Å². The minimum Gasteiger partial charge on any atom is -0.355 e. The van der Waals surface area contributed by atoms with E-state index in [0.717, 1.165) is 12.8 Å². The van der Waals surface area contributed by atoms with Crippen LogP contribution in [0.4, 0.5) is 0 Å². The highest BCUT2D eigenvalue weighted by Gasteiger charge is 2.16. The second-order valence-corrected chi connectivity index (χ2v) is 4.17. The van der Waals surface area contributed by atoms with Crippen molar-refractivity contribution in [1.29, 1.82) is 0 Å². The van der Waals surface area contributed by atoms with Gasteiger partial charge in [0.2, 0.25) is 11.8 Å². The van der Waals surface area contributed by atoms with Crippen LogP contribution in [0.15, 0.2) is 6.33 Å². The number of carbonyl (C=O) groups is 2. The molecule has 1 aromatic heterocycles. The fourth-order valence-corrected chi connectivity index (χ4v) is 1.55. The fourth-order valence-electron chi connectivity index (χ4n) is 1.55. The summed E-state index contributed by atoms with van der Waals surface area (Å²) in [5.41, 5.74) is 0. The lowest BCUT2D eigenvalue weighted by atomic mass is 10.3. The standard InChI is InChI=1S/C11H20N6O2/c1-3-5-12-10(18)7-16(6-4-2)11(19)8-17-9-13-14-15-17/h9H,3-8H2,1-2H3,(H,12,18). The van der Waals surface area contributed by atoms with E-state index in [1.165, 1.54) is 15.9 Å². The summed E-state index contributed by atoms with van der Waals surface area (Å²) < 4.78 is 1.34. The van der Waals surface area contributed by atoms with Crippen molar-refractivity contribution in [2.75, 3.05) is 19.6 Å². The van der Waals surface area contributed by atoms with Gasteiger partial charge in [-0.25, -0.2) is 4.68 Å². The van der Waals surface area contributed by atoms with Gasteiger partial charge in [-0.1, -0.05) is 13.8 Å². The first-order chi connectivity index (χ1) is 9.17. The first-order valence-electron chi connectivity index (χ1n) is 6.42. The molecule has 0 saturated carbocycles. The molecule has 1 N–H and O–H groups in total. The molecule has 1 aromatic rings. The number of hydrogen-bond acceptors (Lipinski definition) is 5. The van der Waals surface area contributed by atoms with E-state index in [1.54, 1.807) is 0 Å². The fraction of sp³-hybridized carbons (Fsp3) is 0.727. The lowest BCUT2D eigenvalue weighted by Crippen LogP contribution is -2.42. The Hall–Kier alpha value is -1.99. The van der Waals surface area contributed by atoms with Crippen LogP contribution in [0, 0.1) is 0 Å². The van der Waals surface area contributed by atoms with Crippen LogP contribution in [0.3, 0.4) is 0 Å². The van der Waals surface area contributed by atoms with Crippen LogP contribution in [0.2, 0.25) is 0 Å². The molecule has 0 atom stereocenters. The highest BCUT2D eigenvalue weighted by Crippen LogP contribution is 1.95. The average molecular weight is 268 g/mol. The topological polar surface area (TPSA) is 93.0 Å². The lowest BCUT2D eigenvalue weighted by molar-refractivity contribution is -0.136. The minimum atomic E-state index is -0.166. The number of rotatable bonds is 8. The van der Waals surface area contributed by atoms with Gasteiger partial charge in [0.15, 0.2) is 0 Å². The van der Waals surface area contributed by atoms with Gasteiger partial charge in [0.25, 0.3) is 0 Å². The van der Waals surface area contributed by atoms with Gasteiger partial charge in [0, 0.05) is 13.1 Å². The Labute approximate surface area is 112 Å². The van der Waals surface area contributed by atoms with Gasteiger partial charge in [-0.3, -0.25) is 9.59 Å². The summed E-state index contributed by atoms with van der Waals surface area (Å²) in [6, 6.07) is 0. The zero-order valence-corrected chi connectivity index (χ0v) is 11.4. The molecule has 0 radical (unpaired) electrons. The summed E-state index contributed by atoms with van der Waals surface area (Å²) in [5, 5.41) is 13.3. The Kier molecular flexibility index (Phi) is 6.48. The van der Waals surface area contributed by atoms with Crippen LogP contribution in [-0.4, -0.2) is 56.6 Å². The molecule has 0 saturated heterocycles.